The molecule has 0 unspecified atom stereocenters. The Kier molecular flexibility index (Phi) is 362. The second kappa shape index (κ2) is 51.6. The van der Waals surface area contributed by atoms with Crippen LogP contribution in [0.4, 0.5) is 0 Å². The van der Waals surface area contributed by atoms with Crippen LogP contribution in [0.2, 0.25) is 0 Å². The van der Waals surface area contributed by atoms with Crippen LogP contribution < -0.4 is 0 Å². The quantitative estimate of drug-likeness (QED) is 0.332. The van der Waals surface area contributed by atoms with E-state index in [-0.39, 0.29) is 65.1 Å². The molecule has 1 radical (unpaired) electrons. The van der Waals surface area contributed by atoms with Gasteiger partial charge in [0.1, 0.15) is 0 Å². The van der Waals surface area contributed by atoms with Crippen molar-refractivity contribution in [1.82, 2.24) is 5.39 Å². The largest absolute Gasteiger partial charge is 0.738 e. The van der Waals surface area contributed by atoms with Gasteiger partial charge < -0.3 is 43.0 Å². The Bertz CT molecular complexity index is 14.0. The molecule has 10 heavy (non-hydrogen) atoms. The van der Waals surface area contributed by atoms with Crippen LogP contribution in [0.15, 0.2) is 0 Å². The molecule has 10 heteroatoms. The van der Waals surface area contributed by atoms with Crippen LogP contribution in [0.1, 0.15) is 0 Å². The van der Waals surface area contributed by atoms with Crippen LogP contribution in [0.25, 0.3) is 0 Å². The summed E-state index contributed by atoms with van der Waals surface area (Å²) in [6, 6.07) is 0. The first-order chi connectivity index (χ1) is 1.73. The van der Waals surface area contributed by atoms with Gasteiger partial charge in [-0.25, -0.2) is 0 Å². The predicted molar refractivity (Wildman–Crippen MR) is 26.8 cm³/mol. The average Bonchev–Trinajstić information content (AvgIpc) is 0.811. The van der Waals surface area contributed by atoms with E-state index in [0.717, 1.165) is 0 Å². The standard InChI is InChI=1S/Ho.H2NO3.5H2O/c;2-1(3)4;;;;;/h;2-3H;5*1H2/q;-1;;;;;. The Hall–Kier alpha value is 0.900. The van der Waals surface area contributed by atoms with Crippen LogP contribution in [-0.4, -0.2) is 43.2 Å². The zero-order valence-electron chi connectivity index (χ0n) is 4.55. The van der Waals surface area contributed by atoms with Crippen molar-refractivity contribution >= 4 is 0 Å². The summed E-state index contributed by atoms with van der Waals surface area (Å²) < 4.78 is 0. The number of hydrogen-bond acceptors (Lipinski definition) is 4. The fraction of sp³-hybridized carbons (Fsp3) is 0. The van der Waals surface area contributed by atoms with Gasteiger partial charge in [0, 0.05) is 37.7 Å². The number of rotatable bonds is 0. The molecular formula is H12HoNO8-. The third kappa shape index (κ3) is 686. The fourth-order valence-corrected chi connectivity index (χ4v) is 0. The second-order valence-electron chi connectivity index (χ2n) is 0.253. The maximum absolute atomic E-state index is 8.47. The molecule has 0 aliphatic rings. The van der Waals surface area contributed by atoms with Crippen molar-refractivity contribution in [3.8, 4) is 0 Å². The summed E-state index contributed by atoms with van der Waals surface area (Å²) in [6.07, 6.45) is 0. The van der Waals surface area contributed by atoms with E-state index in [1.165, 1.54) is 0 Å². The molecule has 0 heterocycles. The van der Waals surface area contributed by atoms with E-state index in [1.54, 1.807) is 0 Å². The van der Waals surface area contributed by atoms with Gasteiger partial charge in [-0.1, -0.05) is 0 Å². The summed E-state index contributed by atoms with van der Waals surface area (Å²) in [5.74, 6) is 0. The first-order valence-electron chi connectivity index (χ1n) is 0.583. The first kappa shape index (κ1) is 70.2. The van der Waals surface area contributed by atoms with E-state index in [9.17, 15) is 0 Å². The third-order valence-electron chi connectivity index (χ3n) is 0. The predicted octanol–water partition coefficient (Wildman–Crippen LogP) is -4.56. The Morgan fingerprint density at radius 3 is 0.800 bits per heavy atom. The molecule has 0 rings (SSSR count). The summed E-state index contributed by atoms with van der Waals surface area (Å²) >= 11 is 0. The van der Waals surface area contributed by atoms with Crippen LogP contribution >= 0.6 is 0 Å². The molecule has 0 amide bonds. The van der Waals surface area contributed by atoms with Crippen LogP contribution in [0, 0.1) is 42.9 Å². The second-order valence-corrected chi connectivity index (χ2v) is 0.253. The Morgan fingerprint density at radius 1 is 0.800 bits per heavy atom. The molecular weight excluding hydrogens is 307 g/mol. The smallest absolute Gasteiger partial charge is 0 e. The van der Waals surface area contributed by atoms with Crippen molar-refractivity contribution in [2.75, 3.05) is 0 Å². The topological polar surface area (TPSA) is 224 Å². The molecule has 0 aromatic rings. The van der Waals surface area contributed by atoms with Crippen molar-refractivity contribution < 1.29 is 75.5 Å². The van der Waals surface area contributed by atoms with Gasteiger partial charge in [-0.05, 0) is 0 Å². The number of hydrogen-bond donors (Lipinski definition) is 2. The van der Waals surface area contributed by atoms with Crippen LogP contribution in [-0.2, 0) is 0 Å². The molecule has 0 fully saturated rings. The third-order valence-corrected chi connectivity index (χ3v) is 0. The first-order valence-corrected chi connectivity index (χ1v) is 0.583. The van der Waals surface area contributed by atoms with Gasteiger partial charge in [0.2, 0.25) is 0 Å². The van der Waals surface area contributed by atoms with E-state index in [0.29, 0.717) is 0 Å². The average molecular weight is 319 g/mol. The molecule has 0 saturated carbocycles. The van der Waals surface area contributed by atoms with E-state index >= 15 is 0 Å². The summed E-state index contributed by atoms with van der Waals surface area (Å²) in [7, 11) is 0. The molecule has 9 nitrogen and oxygen atoms in total. The Labute approximate surface area is 85.9 Å². The summed E-state index contributed by atoms with van der Waals surface area (Å²) in [5, 5.41) is 21.0. The molecule has 0 aliphatic heterocycles. The SMILES string of the molecule is O.O.O.O.O.[Ho].[O-]N(O)O. The van der Waals surface area contributed by atoms with E-state index < -0.39 is 5.39 Å². The molecule has 0 aromatic carbocycles. The van der Waals surface area contributed by atoms with Gasteiger partial charge in [0.05, 0.1) is 0 Å². The molecule has 0 spiro atoms. The van der Waals surface area contributed by atoms with E-state index in [4.69, 9.17) is 15.6 Å². The van der Waals surface area contributed by atoms with Crippen molar-refractivity contribution in [2.45, 2.75) is 0 Å². The molecule has 0 aliphatic carbocycles. The summed E-state index contributed by atoms with van der Waals surface area (Å²) in [5.41, 5.74) is 0. The number of nitrogens with zero attached hydrogens (tertiary/aromatic N) is 1. The monoisotopic (exact) mass is 319 g/mol. The fourth-order valence-electron chi connectivity index (χ4n) is 0. The van der Waals surface area contributed by atoms with Crippen LogP contribution in [0.3, 0.4) is 0 Å². The molecule has 77 valence electrons. The van der Waals surface area contributed by atoms with E-state index in [1.807, 2.05) is 0 Å². The van der Waals surface area contributed by atoms with Crippen LogP contribution in [0.5, 0.6) is 0 Å². The van der Waals surface area contributed by atoms with Gasteiger partial charge in [-0.3, -0.25) is 0 Å². The Balaban J connectivity index is -0.00000000300. The Morgan fingerprint density at radius 2 is 0.800 bits per heavy atom. The maximum atomic E-state index is 8.47. The van der Waals surface area contributed by atoms with Gasteiger partial charge in [0.15, 0.2) is 0 Å². The zero-order valence-corrected chi connectivity index (χ0v) is 6.49. The normalized spacial score (nSPS) is 3.60. The van der Waals surface area contributed by atoms with Crippen molar-refractivity contribution in [1.29, 1.82) is 0 Å². The van der Waals surface area contributed by atoms with Crippen molar-refractivity contribution in [3.63, 3.8) is 0 Å². The molecule has 0 atom stereocenters. The molecule has 0 aromatic heterocycles. The molecule has 0 bridgehead atoms. The minimum Gasteiger partial charge on any atom is -0.738 e. The molecule has 12 N–H and O–H groups in total. The molecule has 0 saturated heterocycles. The van der Waals surface area contributed by atoms with Crippen molar-refractivity contribution in [2.24, 2.45) is 0 Å². The van der Waals surface area contributed by atoms with Gasteiger partial charge >= 0.3 is 0 Å². The van der Waals surface area contributed by atoms with Gasteiger partial charge in [0.25, 0.3) is 0 Å². The minimum absolute atomic E-state index is 0. The zero-order chi connectivity index (χ0) is 3.58. The maximum Gasteiger partial charge on any atom is 0 e. The van der Waals surface area contributed by atoms with Gasteiger partial charge in [-0.15, -0.1) is 5.39 Å². The minimum atomic E-state index is -1.25. The summed E-state index contributed by atoms with van der Waals surface area (Å²) in [6.45, 7) is 0. The van der Waals surface area contributed by atoms with Crippen molar-refractivity contribution in [3.05, 3.63) is 5.21 Å². The van der Waals surface area contributed by atoms with Gasteiger partial charge in [-0.2, -0.15) is 0 Å². The van der Waals surface area contributed by atoms with E-state index in [2.05, 4.69) is 0 Å². The summed E-state index contributed by atoms with van der Waals surface area (Å²) in [4.78, 5) is 0.